The first-order chi connectivity index (χ1) is 9.04. The lowest BCUT2D eigenvalue weighted by Gasteiger charge is -2.03. The van der Waals surface area contributed by atoms with Crippen molar-refractivity contribution in [2.75, 3.05) is 5.32 Å². The van der Waals surface area contributed by atoms with Crippen LogP contribution >= 0.6 is 11.6 Å². The number of nitrogens with zero attached hydrogens (tertiary/aromatic N) is 4. The SMILES string of the molecule is Cc1nnc(NC(=O)CCc2cc(Cl)no2)nc1C. The van der Waals surface area contributed by atoms with Crippen molar-refractivity contribution in [3.63, 3.8) is 0 Å². The third kappa shape index (κ3) is 3.72. The average Bonchev–Trinajstić information content (AvgIpc) is 2.77. The molecule has 100 valence electrons. The van der Waals surface area contributed by atoms with E-state index in [1.54, 1.807) is 19.9 Å². The minimum absolute atomic E-state index is 0.198. The first kappa shape index (κ1) is 13.4. The van der Waals surface area contributed by atoms with E-state index in [9.17, 15) is 4.79 Å². The molecule has 0 bridgehead atoms. The Bertz CT molecular complexity index is 599. The van der Waals surface area contributed by atoms with E-state index in [0.29, 0.717) is 12.2 Å². The molecule has 0 saturated heterocycles. The second-order valence-corrected chi connectivity index (χ2v) is 4.36. The van der Waals surface area contributed by atoms with E-state index >= 15 is 0 Å². The predicted octanol–water partition coefficient (Wildman–Crippen LogP) is 1.70. The highest BCUT2D eigenvalue weighted by molar-refractivity contribution is 6.29. The largest absolute Gasteiger partial charge is 0.360 e. The number of anilines is 1. The number of hydrogen-bond donors (Lipinski definition) is 1. The van der Waals surface area contributed by atoms with Gasteiger partial charge in [0.25, 0.3) is 0 Å². The molecule has 2 aromatic rings. The molecule has 2 aromatic heterocycles. The van der Waals surface area contributed by atoms with Crippen LogP contribution in [-0.4, -0.2) is 26.2 Å². The van der Waals surface area contributed by atoms with E-state index in [2.05, 4.69) is 25.7 Å². The molecule has 0 saturated carbocycles. The molecule has 2 rings (SSSR count). The molecule has 0 aliphatic rings. The standard InChI is InChI=1S/C11H12ClN5O2/c1-6-7(2)15-16-11(13-6)14-10(18)4-3-8-5-9(12)17-19-8/h5H,3-4H2,1-2H3,(H,13,14,16,18). The van der Waals surface area contributed by atoms with Crippen molar-refractivity contribution in [3.8, 4) is 0 Å². The van der Waals surface area contributed by atoms with Crippen LogP contribution in [0.15, 0.2) is 10.6 Å². The van der Waals surface area contributed by atoms with Crippen LogP contribution in [0, 0.1) is 13.8 Å². The highest BCUT2D eigenvalue weighted by Gasteiger charge is 2.09. The Morgan fingerprint density at radius 2 is 2.16 bits per heavy atom. The number of nitrogens with one attached hydrogen (secondary N) is 1. The zero-order valence-corrected chi connectivity index (χ0v) is 11.2. The monoisotopic (exact) mass is 281 g/mol. The number of aromatic nitrogens is 4. The van der Waals surface area contributed by atoms with Gasteiger partial charge in [-0.25, -0.2) is 4.98 Å². The van der Waals surface area contributed by atoms with Crippen LogP contribution in [0.2, 0.25) is 5.15 Å². The second-order valence-electron chi connectivity index (χ2n) is 3.97. The van der Waals surface area contributed by atoms with E-state index in [-0.39, 0.29) is 23.4 Å². The summed E-state index contributed by atoms with van der Waals surface area (Å²) in [5.74, 6) is 0.528. The molecule has 7 nitrogen and oxygen atoms in total. The van der Waals surface area contributed by atoms with E-state index in [4.69, 9.17) is 16.1 Å². The summed E-state index contributed by atoms with van der Waals surface area (Å²) in [6, 6.07) is 1.57. The molecular weight excluding hydrogens is 270 g/mol. The van der Waals surface area contributed by atoms with Gasteiger partial charge in [-0.15, -0.1) is 5.10 Å². The van der Waals surface area contributed by atoms with Gasteiger partial charge < -0.3 is 4.52 Å². The second kappa shape index (κ2) is 5.75. The van der Waals surface area contributed by atoms with Crippen molar-refractivity contribution in [3.05, 3.63) is 28.4 Å². The lowest BCUT2D eigenvalue weighted by atomic mass is 10.2. The molecule has 8 heteroatoms. The molecule has 2 heterocycles. The van der Waals surface area contributed by atoms with Crippen LogP contribution in [0.4, 0.5) is 5.95 Å². The number of aryl methyl sites for hydroxylation is 3. The molecule has 0 aromatic carbocycles. The molecule has 0 aliphatic heterocycles. The number of rotatable bonds is 4. The average molecular weight is 282 g/mol. The molecule has 0 aliphatic carbocycles. The lowest BCUT2D eigenvalue weighted by molar-refractivity contribution is -0.116. The fourth-order valence-corrected chi connectivity index (χ4v) is 1.50. The summed E-state index contributed by atoms with van der Waals surface area (Å²) in [6.45, 7) is 3.60. The van der Waals surface area contributed by atoms with Gasteiger partial charge in [0.05, 0.1) is 11.4 Å². The summed E-state index contributed by atoms with van der Waals surface area (Å²) >= 11 is 5.60. The number of amides is 1. The van der Waals surface area contributed by atoms with E-state index in [1.165, 1.54) is 0 Å². The number of hydrogen-bond acceptors (Lipinski definition) is 6. The minimum Gasteiger partial charge on any atom is -0.360 e. The molecular formula is C11H12ClN5O2. The smallest absolute Gasteiger partial charge is 0.249 e. The van der Waals surface area contributed by atoms with Crippen molar-refractivity contribution in [1.29, 1.82) is 0 Å². The number of carbonyl (C=O) groups is 1. The minimum atomic E-state index is -0.224. The van der Waals surface area contributed by atoms with Crippen LogP contribution in [-0.2, 0) is 11.2 Å². The highest BCUT2D eigenvalue weighted by Crippen LogP contribution is 2.11. The summed E-state index contributed by atoms with van der Waals surface area (Å²) < 4.78 is 4.89. The van der Waals surface area contributed by atoms with Crippen LogP contribution < -0.4 is 5.32 Å². The van der Waals surface area contributed by atoms with Gasteiger partial charge in [-0.3, -0.25) is 10.1 Å². The molecule has 0 atom stereocenters. The molecule has 0 fully saturated rings. The molecule has 1 N–H and O–H groups in total. The zero-order valence-electron chi connectivity index (χ0n) is 10.5. The summed E-state index contributed by atoms with van der Waals surface area (Å²) in [5, 5.41) is 14.0. The van der Waals surface area contributed by atoms with Gasteiger partial charge in [0.1, 0.15) is 5.76 Å². The Hall–Kier alpha value is -2.02. The number of halogens is 1. The predicted molar refractivity (Wildman–Crippen MR) is 67.8 cm³/mol. The Kier molecular flexibility index (Phi) is 4.06. The van der Waals surface area contributed by atoms with E-state index < -0.39 is 0 Å². The molecule has 19 heavy (non-hydrogen) atoms. The van der Waals surface area contributed by atoms with Crippen molar-refractivity contribution in [2.45, 2.75) is 26.7 Å². The summed E-state index contributed by atoms with van der Waals surface area (Å²) in [6.07, 6.45) is 0.631. The maximum Gasteiger partial charge on any atom is 0.249 e. The van der Waals surface area contributed by atoms with Crippen molar-refractivity contribution in [2.24, 2.45) is 0 Å². The molecule has 0 unspecified atom stereocenters. The maximum atomic E-state index is 11.7. The fourth-order valence-electron chi connectivity index (χ4n) is 1.34. The highest BCUT2D eigenvalue weighted by atomic mass is 35.5. The Labute approximate surface area is 114 Å². The quantitative estimate of drug-likeness (QED) is 0.917. The summed E-state index contributed by atoms with van der Waals surface area (Å²) in [7, 11) is 0. The fraction of sp³-hybridized carbons (Fsp3) is 0.364. The topological polar surface area (TPSA) is 93.8 Å². The van der Waals surface area contributed by atoms with Crippen LogP contribution in [0.3, 0.4) is 0 Å². The lowest BCUT2D eigenvalue weighted by Crippen LogP contribution is -2.15. The van der Waals surface area contributed by atoms with E-state index in [1.807, 2.05) is 0 Å². The molecule has 0 spiro atoms. The van der Waals surface area contributed by atoms with Gasteiger partial charge >= 0.3 is 0 Å². The first-order valence-electron chi connectivity index (χ1n) is 5.63. The van der Waals surface area contributed by atoms with E-state index in [0.717, 1.165) is 11.4 Å². The van der Waals surface area contributed by atoms with Crippen molar-refractivity contribution >= 4 is 23.5 Å². The zero-order chi connectivity index (χ0) is 13.8. The molecule has 0 radical (unpaired) electrons. The summed E-state index contributed by atoms with van der Waals surface area (Å²) in [5.41, 5.74) is 1.46. The van der Waals surface area contributed by atoms with Crippen molar-refractivity contribution < 1.29 is 9.32 Å². The van der Waals surface area contributed by atoms with Crippen LogP contribution in [0.1, 0.15) is 23.6 Å². The summed E-state index contributed by atoms with van der Waals surface area (Å²) in [4.78, 5) is 15.8. The van der Waals surface area contributed by atoms with Crippen molar-refractivity contribution in [1.82, 2.24) is 20.3 Å². The van der Waals surface area contributed by atoms with Gasteiger partial charge in [0.15, 0.2) is 5.15 Å². The Balaban J connectivity index is 1.88. The third-order valence-electron chi connectivity index (χ3n) is 2.47. The Morgan fingerprint density at radius 3 is 2.79 bits per heavy atom. The van der Waals surface area contributed by atoms with Gasteiger partial charge in [-0.2, -0.15) is 5.10 Å². The van der Waals surface area contributed by atoms with Gasteiger partial charge in [-0.05, 0) is 13.8 Å². The molecule has 1 amide bonds. The van der Waals surface area contributed by atoms with Crippen LogP contribution in [0.25, 0.3) is 0 Å². The Morgan fingerprint density at radius 1 is 1.37 bits per heavy atom. The number of carbonyl (C=O) groups excluding carboxylic acids is 1. The van der Waals surface area contributed by atoms with Crippen LogP contribution in [0.5, 0.6) is 0 Å². The maximum absolute atomic E-state index is 11.7. The third-order valence-corrected chi connectivity index (χ3v) is 2.65. The first-order valence-corrected chi connectivity index (χ1v) is 6.01. The normalized spacial score (nSPS) is 10.5. The van der Waals surface area contributed by atoms with Gasteiger partial charge in [0, 0.05) is 18.9 Å². The van der Waals surface area contributed by atoms with Gasteiger partial charge in [-0.1, -0.05) is 16.8 Å². The van der Waals surface area contributed by atoms with Gasteiger partial charge in [0.2, 0.25) is 11.9 Å².